The molecule has 0 radical (unpaired) electrons. The summed E-state index contributed by atoms with van der Waals surface area (Å²) in [5.41, 5.74) is 13.7. The number of H-pyrrole nitrogens is 1. The minimum Gasteiger partial charge on any atom is -0.496 e. The van der Waals surface area contributed by atoms with Crippen LogP contribution in [0.25, 0.3) is 34.0 Å². The van der Waals surface area contributed by atoms with Crippen molar-refractivity contribution in [2.75, 3.05) is 20.2 Å². The third-order valence-electron chi connectivity index (χ3n) is 10.6. The topological polar surface area (TPSA) is 90.2 Å². The van der Waals surface area contributed by atoms with Gasteiger partial charge in [0.2, 0.25) is 0 Å². The predicted molar refractivity (Wildman–Crippen MR) is 211 cm³/mol. The van der Waals surface area contributed by atoms with E-state index in [1.54, 1.807) is 7.11 Å². The zero-order valence-corrected chi connectivity index (χ0v) is 30.4. The summed E-state index contributed by atoms with van der Waals surface area (Å²) in [6.07, 6.45) is 8.42. The van der Waals surface area contributed by atoms with Gasteiger partial charge < -0.3 is 31.0 Å². The fourth-order valence-corrected chi connectivity index (χ4v) is 8.05. The monoisotopic (exact) mass is 701 g/mol. The van der Waals surface area contributed by atoms with Crippen molar-refractivity contribution in [3.05, 3.63) is 134 Å². The number of aromatic amines is 1. The Morgan fingerprint density at radius 3 is 2.16 bits per heavy atom. The predicted octanol–water partition coefficient (Wildman–Crippen LogP) is 7.88. The summed E-state index contributed by atoms with van der Waals surface area (Å²) in [7, 11) is 1.75. The number of aromatic nitrogens is 1. The van der Waals surface area contributed by atoms with Crippen molar-refractivity contribution in [1.82, 2.24) is 26.3 Å². The molecular formula is C43H48ClN5O2. The Labute approximate surface area is 306 Å². The van der Waals surface area contributed by atoms with Crippen LogP contribution in [0, 0.1) is 6.92 Å². The van der Waals surface area contributed by atoms with Crippen LogP contribution in [0.2, 0.25) is 5.02 Å². The molecule has 1 aliphatic carbocycles. The number of fused-ring (bicyclic) bond motifs is 1. The van der Waals surface area contributed by atoms with Crippen molar-refractivity contribution in [3.63, 3.8) is 0 Å². The standard InChI is InChI=1S/C43H48ClN5O2/c1-26-11-16-34(47-26)24-45-22-32-15-18-40(49-43(32)50)37-9-6-8-36(28(37)3)38-10-5-7-31(42(38)44)19-29-13-14-30-20-33(41(51-4)21-39(29)30)23-46-25-35-17-12-27(2)48-35/h5-10,15,18-21,34-35,45-48H,1-2,11-14,16-17,22-25H2,3-4H3,(H,49,50)/b29-19+. The normalized spacial score (nSPS) is 19.0. The highest BCUT2D eigenvalue weighted by Gasteiger charge is 2.22. The summed E-state index contributed by atoms with van der Waals surface area (Å²) in [5.74, 6) is 0.903. The molecular weight excluding hydrogens is 654 g/mol. The van der Waals surface area contributed by atoms with Crippen LogP contribution in [0.3, 0.4) is 0 Å². The van der Waals surface area contributed by atoms with Crippen LogP contribution in [-0.4, -0.2) is 37.3 Å². The summed E-state index contributed by atoms with van der Waals surface area (Å²) in [4.78, 5) is 16.2. The Bertz CT molecular complexity index is 2060. The summed E-state index contributed by atoms with van der Waals surface area (Å²) < 4.78 is 5.87. The van der Waals surface area contributed by atoms with E-state index in [0.29, 0.717) is 23.7 Å². The van der Waals surface area contributed by atoms with Gasteiger partial charge in [0.05, 0.1) is 12.1 Å². The first-order valence-corrected chi connectivity index (χ1v) is 18.5. The Morgan fingerprint density at radius 2 is 1.49 bits per heavy atom. The molecule has 0 spiro atoms. The smallest absolute Gasteiger partial charge is 0.252 e. The number of aryl methyl sites for hydroxylation is 1. The van der Waals surface area contributed by atoms with Crippen LogP contribution < -0.4 is 31.6 Å². The third-order valence-corrected chi connectivity index (χ3v) is 11.0. The van der Waals surface area contributed by atoms with E-state index in [1.807, 2.05) is 18.2 Å². The van der Waals surface area contributed by atoms with Crippen molar-refractivity contribution in [2.45, 2.75) is 70.6 Å². The first-order valence-electron chi connectivity index (χ1n) is 18.1. The zero-order chi connectivity index (χ0) is 35.5. The van der Waals surface area contributed by atoms with Gasteiger partial charge in [0.25, 0.3) is 5.56 Å². The van der Waals surface area contributed by atoms with Crippen LogP contribution in [0.1, 0.15) is 65.5 Å². The number of nitrogens with one attached hydrogen (secondary N) is 5. The zero-order valence-electron chi connectivity index (χ0n) is 29.7. The summed E-state index contributed by atoms with van der Waals surface area (Å²) in [6.45, 7) is 13.1. The average Bonchev–Trinajstić information content (AvgIpc) is 3.85. The van der Waals surface area contributed by atoms with Crippen molar-refractivity contribution in [3.8, 4) is 28.1 Å². The lowest BCUT2D eigenvalue weighted by atomic mass is 9.93. The second-order valence-electron chi connectivity index (χ2n) is 14.1. The highest BCUT2D eigenvalue weighted by atomic mass is 35.5. The van der Waals surface area contributed by atoms with E-state index in [-0.39, 0.29) is 5.56 Å². The molecule has 7 nitrogen and oxygen atoms in total. The maximum absolute atomic E-state index is 13.1. The molecule has 8 heteroatoms. The molecule has 5 N–H and O–H groups in total. The van der Waals surface area contributed by atoms with Gasteiger partial charge in [-0.15, -0.1) is 0 Å². The van der Waals surface area contributed by atoms with E-state index in [1.165, 1.54) is 22.3 Å². The lowest BCUT2D eigenvalue weighted by Crippen LogP contribution is -2.34. The van der Waals surface area contributed by atoms with E-state index in [2.05, 4.69) is 94.9 Å². The van der Waals surface area contributed by atoms with E-state index in [4.69, 9.17) is 16.3 Å². The van der Waals surface area contributed by atoms with Crippen LogP contribution >= 0.6 is 11.6 Å². The Kier molecular flexibility index (Phi) is 10.5. The number of methoxy groups -OCH3 is 1. The molecule has 2 fully saturated rings. The second kappa shape index (κ2) is 15.4. The highest BCUT2D eigenvalue weighted by molar-refractivity contribution is 6.35. The lowest BCUT2D eigenvalue weighted by Gasteiger charge is -2.16. The van der Waals surface area contributed by atoms with Gasteiger partial charge in [-0.25, -0.2) is 0 Å². The number of halogens is 1. The van der Waals surface area contributed by atoms with Gasteiger partial charge in [0.1, 0.15) is 5.75 Å². The number of rotatable bonds is 12. The highest BCUT2D eigenvalue weighted by Crippen LogP contribution is 2.41. The van der Waals surface area contributed by atoms with Gasteiger partial charge in [-0.05, 0) is 97.0 Å². The fraction of sp³-hybridized carbons (Fsp3) is 0.326. The van der Waals surface area contributed by atoms with E-state index >= 15 is 0 Å². The molecule has 264 valence electrons. The molecule has 2 unspecified atom stereocenters. The molecule has 7 rings (SSSR count). The van der Waals surface area contributed by atoms with Gasteiger partial charge >= 0.3 is 0 Å². The molecule has 4 aromatic rings. The SMILES string of the molecule is C=C1CCC(CNCc2cc3c(cc2OC)/C(=C/c2cccc(-c4cccc(-c5ccc(CNCC6CCC(=C)N6)c(=O)[nH]5)c4C)c2Cl)CC3)N1. The molecule has 2 atom stereocenters. The maximum atomic E-state index is 13.1. The molecule has 3 aliphatic rings. The maximum Gasteiger partial charge on any atom is 0.252 e. The number of hydrogen-bond donors (Lipinski definition) is 5. The minimum atomic E-state index is -0.0786. The van der Waals surface area contributed by atoms with E-state index in [0.717, 1.165) is 114 Å². The molecule has 3 heterocycles. The molecule has 1 aromatic heterocycles. The second-order valence-corrected chi connectivity index (χ2v) is 14.5. The van der Waals surface area contributed by atoms with Crippen molar-refractivity contribution in [1.29, 1.82) is 0 Å². The first kappa shape index (κ1) is 34.9. The minimum absolute atomic E-state index is 0.0786. The van der Waals surface area contributed by atoms with Crippen LogP contribution in [0.5, 0.6) is 5.75 Å². The Hall–Kier alpha value is -4.56. The molecule has 0 bridgehead atoms. The van der Waals surface area contributed by atoms with Crippen molar-refractivity contribution >= 4 is 23.3 Å². The van der Waals surface area contributed by atoms with Crippen molar-refractivity contribution < 1.29 is 4.74 Å². The van der Waals surface area contributed by atoms with E-state index in [9.17, 15) is 4.79 Å². The number of allylic oxidation sites excluding steroid dienone is 3. The molecule has 2 saturated heterocycles. The number of pyridine rings is 1. The van der Waals surface area contributed by atoms with Gasteiger partial charge in [-0.3, -0.25) is 4.79 Å². The molecule has 2 aliphatic heterocycles. The van der Waals surface area contributed by atoms with Crippen LogP contribution in [0.4, 0.5) is 0 Å². The fourth-order valence-electron chi connectivity index (χ4n) is 7.77. The summed E-state index contributed by atoms with van der Waals surface area (Å²) in [5, 5.41) is 14.6. The largest absolute Gasteiger partial charge is 0.496 e. The van der Waals surface area contributed by atoms with Gasteiger partial charge in [-0.2, -0.15) is 0 Å². The van der Waals surface area contributed by atoms with Crippen LogP contribution in [0.15, 0.2) is 90.0 Å². The average molecular weight is 702 g/mol. The quantitative estimate of drug-likeness (QED) is 0.103. The number of ether oxygens (including phenoxy) is 1. The Balaban J connectivity index is 1.08. The number of hydrogen-bond acceptors (Lipinski definition) is 6. The summed E-state index contributed by atoms with van der Waals surface area (Å²) in [6, 6.07) is 21.6. The van der Waals surface area contributed by atoms with Gasteiger partial charge in [0.15, 0.2) is 0 Å². The lowest BCUT2D eigenvalue weighted by molar-refractivity contribution is 0.406. The molecule has 0 amide bonds. The van der Waals surface area contributed by atoms with E-state index < -0.39 is 0 Å². The van der Waals surface area contributed by atoms with Gasteiger partial charge in [-0.1, -0.05) is 73.3 Å². The molecule has 3 aromatic carbocycles. The third kappa shape index (κ3) is 7.71. The molecule has 0 saturated carbocycles. The Morgan fingerprint density at radius 1 is 0.824 bits per heavy atom. The molecule has 51 heavy (non-hydrogen) atoms. The van der Waals surface area contributed by atoms with Gasteiger partial charge in [0, 0.05) is 77.6 Å². The number of benzene rings is 3. The summed E-state index contributed by atoms with van der Waals surface area (Å²) >= 11 is 7.21. The first-order chi connectivity index (χ1) is 24.8. The van der Waals surface area contributed by atoms with Crippen molar-refractivity contribution in [2.24, 2.45) is 0 Å². The van der Waals surface area contributed by atoms with Crippen LogP contribution in [-0.2, 0) is 19.5 Å².